The summed E-state index contributed by atoms with van der Waals surface area (Å²) in [5, 5.41) is 0.396. The fraction of sp³-hybridized carbons (Fsp3) is 0.474. The Labute approximate surface area is 171 Å². The average Bonchev–Trinajstić information content (AvgIpc) is 2.61. The van der Waals surface area contributed by atoms with Crippen molar-refractivity contribution in [3.63, 3.8) is 0 Å². The lowest BCUT2D eigenvalue weighted by molar-refractivity contribution is -0.154. The van der Waals surface area contributed by atoms with Crippen LogP contribution < -0.4 is 4.72 Å². The number of hydrogen-bond donors (Lipinski definition) is 1. The molecular weight excluding hydrogens is 404 g/mol. The number of ether oxygens (including phenoxy) is 1. The molecule has 9 heteroatoms. The Balaban J connectivity index is 2.82. The zero-order valence-corrected chi connectivity index (χ0v) is 18.1. The monoisotopic (exact) mass is 430 g/mol. The summed E-state index contributed by atoms with van der Waals surface area (Å²) in [5.41, 5.74) is 0.803. The number of benzene rings is 1. The van der Waals surface area contributed by atoms with E-state index >= 15 is 0 Å². The highest BCUT2D eigenvalue weighted by molar-refractivity contribution is 7.89. The third-order valence-corrected chi connectivity index (χ3v) is 5.57. The van der Waals surface area contributed by atoms with Crippen LogP contribution in [0.25, 0.3) is 0 Å². The van der Waals surface area contributed by atoms with Crippen LogP contribution >= 0.6 is 11.6 Å². The van der Waals surface area contributed by atoms with Gasteiger partial charge in [-0.25, -0.2) is 8.42 Å². The molecule has 0 bridgehead atoms. The number of sulfonamides is 1. The van der Waals surface area contributed by atoms with Crippen LogP contribution in [0.2, 0.25) is 5.02 Å². The summed E-state index contributed by atoms with van der Waals surface area (Å²) in [7, 11) is -3.96. The van der Waals surface area contributed by atoms with Gasteiger partial charge in [0.05, 0.1) is 4.90 Å². The Hall–Kier alpha value is -1.90. The molecule has 0 saturated carbocycles. The van der Waals surface area contributed by atoms with Gasteiger partial charge >= 0.3 is 5.97 Å². The SMILES string of the molecule is C=C(C)CN(CC)C(=O)COC(=O)C(NS(=O)(=O)c1ccc(Cl)cc1)C(C)C. The van der Waals surface area contributed by atoms with Gasteiger partial charge in [0.25, 0.3) is 5.91 Å². The molecule has 0 aliphatic carbocycles. The van der Waals surface area contributed by atoms with Crippen LogP contribution in [-0.2, 0) is 24.3 Å². The first-order valence-electron chi connectivity index (χ1n) is 8.84. The molecule has 1 atom stereocenters. The van der Waals surface area contributed by atoms with Gasteiger partial charge in [0, 0.05) is 18.1 Å². The molecule has 0 saturated heterocycles. The number of carbonyl (C=O) groups excluding carboxylic acids is 2. The zero-order chi connectivity index (χ0) is 21.5. The lowest BCUT2D eigenvalue weighted by Crippen LogP contribution is -2.46. The Morgan fingerprint density at radius 3 is 2.29 bits per heavy atom. The van der Waals surface area contributed by atoms with Crippen LogP contribution in [-0.4, -0.2) is 50.9 Å². The van der Waals surface area contributed by atoms with Gasteiger partial charge in [-0.2, -0.15) is 4.72 Å². The Bertz CT molecular complexity index is 806. The average molecular weight is 431 g/mol. The number of rotatable bonds is 10. The first-order valence-corrected chi connectivity index (χ1v) is 10.7. The van der Waals surface area contributed by atoms with E-state index < -0.39 is 28.6 Å². The standard InChI is InChI=1S/C19H27ClN2O5S/c1-6-22(11-13(2)3)17(23)12-27-19(24)18(14(4)5)21-28(25,26)16-9-7-15(20)8-10-16/h7-10,14,18,21H,2,6,11-12H2,1,3-5H3. The van der Waals surface area contributed by atoms with Crippen molar-refractivity contribution >= 4 is 33.5 Å². The molecule has 0 aliphatic heterocycles. The van der Waals surface area contributed by atoms with Crippen molar-refractivity contribution in [1.82, 2.24) is 9.62 Å². The second kappa shape index (κ2) is 10.6. The Morgan fingerprint density at radius 1 is 1.25 bits per heavy atom. The van der Waals surface area contributed by atoms with E-state index in [1.165, 1.54) is 29.2 Å². The minimum absolute atomic E-state index is 0.0231. The van der Waals surface area contributed by atoms with Crippen LogP contribution in [0.5, 0.6) is 0 Å². The lowest BCUT2D eigenvalue weighted by Gasteiger charge is -2.23. The number of carbonyl (C=O) groups is 2. The van der Waals surface area contributed by atoms with Gasteiger partial charge in [-0.05, 0) is 44.0 Å². The highest BCUT2D eigenvalue weighted by atomic mass is 35.5. The van der Waals surface area contributed by atoms with Gasteiger partial charge in [-0.15, -0.1) is 0 Å². The minimum atomic E-state index is -3.96. The predicted molar refractivity (Wildman–Crippen MR) is 108 cm³/mol. The molecule has 1 aromatic carbocycles. The maximum Gasteiger partial charge on any atom is 0.324 e. The minimum Gasteiger partial charge on any atom is -0.454 e. The van der Waals surface area contributed by atoms with Gasteiger partial charge in [0.2, 0.25) is 10.0 Å². The van der Waals surface area contributed by atoms with Crippen LogP contribution in [0.1, 0.15) is 27.7 Å². The fourth-order valence-electron chi connectivity index (χ4n) is 2.32. The zero-order valence-electron chi connectivity index (χ0n) is 16.6. The largest absolute Gasteiger partial charge is 0.454 e. The van der Waals surface area contributed by atoms with Crippen molar-refractivity contribution in [2.45, 2.75) is 38.6 Å². The van der Waals surface area contributed by atoms with Gasteiger partial charge in [0.15, 0.2) is 6.61 Å². The summed E-state index contributed by atoms with van der Waals surface area (Å²) in [6, 6.07) is 4.43. The molecule has 0 radical (unpaired) electrons. The molecule has 0 heterocycles. The van der Waals surface area contributed by atoms with Crippen molar-refractivity contribution in [1.29, 1.82) is 0 Å². The van der Waals surface area contributed by atoms with E-state index in [1.807, 2.05) is 0 Å². The maximum atomic E-state index is 12.5. The first-order chi connectivity index (χ1) is 13.0. The first kappa shape index (κ1) is 24.1. The van der Waals surface area contributed by atoms with Gasteiger partial charge in [0.1, 0.15) is 6.04 Å². The number of nitrogens with one attached hydrogen (secondary N) is 1. The number of hydrogen-bond acceptors (Lipinski definition) is 5. The van der Waals surface area contributed by atoms with Gasteiger partial charge < -0.3 is 9.64 Å². The van der Waals surface area contributed by atoms with E-state index in [1.54, 1.807) is 27.7 Å². The molecule has 156 valence electrons. The molecular formula is C19H27ClN2O5S. The van der Waals surface area contributed by atoms with Crippen molar-refractivity contribution < 1.29 is 22.7 Å². The summed E-state index contributed by atoms with van der Waals surface area (Å²) in [5.74, 6) is -1.57. The molecule has 1 rings (SSSR count). The molecule has 1 N–H and O–H groups in total. The van der Waals surface area contributed by atoms with E-state index in [0.717, 1.165) is 5.57 Å². The molecule has 1 amide bonds. The Kier molecular flexibility index (Phi) is 9.13. The molecule has 28 heavy (non-hydrogen) atoms. The molecule has 1 aromatic rings. The number of esters is 1. The highest BCUT2D eigenvalue weighted by Gasteiger charge is 2.30. The van der Waals surface area contributed by atoms with Crippen LogP contribution in [0.4, 0.5) is 0 Å². The van der Waals surface area contributed by atoms with E-state index in [4.69, 9.17) is 16.3 Å². The normalized spacial score (nSPS) is 12.5. The van der Waals surface area contributed by atoms with Crippen molar-refractivity contribution in [2.24, 2.45) is 5.92 Å². The molecule has 0 aliphatic rings. The molecule has 0 fully saturated rings. The number of amides is 1. The van der Waals surface area contributed by atoms with Crippen LogP contribution in [0.3, 0.4) is 0 Å². The molecule has 7 nitrogen and oxygen atoms in total. The summed E-state index contributed by atoms with van der Waals surface area (Å²) < 4.78 is 32.5. The molecule has 1 unspecified atom stereocenters. The molecule has 0 aromatic heterocycles. The summed E-state index contributed by atoms with van der Waals surface area (Å²) in [6.45, 7) is 11.1. The van der Waals surface area contributed by atoms with E-state index in [2.05, 4.69) is 11.3 Å². The third kappa shape index (κ3) is 7.26. The highest BCUT2D eigenvalue weighted by Crippen LogP contribution is 2.16. The second-order valence-electron chi connectivity index (χ2n) is 6.77. The van der Waals surface area contributed by atoms with Crippen LogP contribution in [0, 0.1) is 5.92 Å². The summed E-state index contributed by atoms with van der Waals surface area (Å²) >= 11 is 5.78. The van der Waals surface area contributed by atoms with Crippen molar-refractivity contribution in [2.75, 3.05) is 19.7 Å². The summed E-state index contributed by atoms with van der Waals surface area (Å²) in [4.78, 5) is 26.1. The second-order valence-corrected chi connectivity index (χ2v) is 8.92. The predicted octanol–water partition coefficient (Wildman–Crippen LogP) is 2.61. The van der Waals surface area contributed by atoms with E-state index in [0.29, 0.717) is 18.1 Å². The molecule has 0 spiro atoms. The van der Waals surface area contributed by atoms with E-state index in [9.17, 15) is 18.0 Å². The smallest absolute Gasteiger partial charge is 0.324 e. The Morgan fingerprint density at radius 2 is 1.82 bits per heavy atom. The topological polar surface area (TPSA) is 92.8 Å². The number of halogens is 1. The maximum absolute atomic E-state index is 12.5. The fourth-order valence-corrected chi connectivity index (χ4v) is 3.78. The van der Waals surface area contributed by atoms with E-state index in [-0.39, 0.29) is 16.7 Å². The van der Waals surface area contributed by atoms with Gasteiger partial charge in [-0.1, -0.05) is 37.6 Å². The number of likely N-dealkylation sites (N-methyl/N-ethyl adjacent to an activating group) is 1. The van der Waals surface area contributed by atoms with Crippen molar-refractivity contribution in [3.8, 4) is 0 Å². The third-order valence-electron chi connectivity index (χ3n) is 3.86. The van der Waals surface area contributed by atoms with Crippen molar-refractivity contribution in [3.05, 3.63) is 41.4 Å². The summed E-state index contributed by atoms with van der Waals surface area (Å²) in [6.07, 6.45) is 0. The quantitative estimate of drug-likeness (QED) is 0.455. The van der Waals surface area contributed by atoms with Crippen LogP contribution in [0.15, 0.2) is 41.3 Å². The number of nitrogens with zero attached hydrogens (tertiary/aromatic N) is 1. The van der Waals surface area contributed by atoms with Gasteiger partial charge in [-0.3, -0.25) is 9.59 Å². The lowest BCUT2D eigenvalue weighted by atomic mass is 10.1.